The number of carbonyl (C=O) groups is 1. The molecule has 1 aliphatic carbocycles. The third kappa shape index (κ3) is 4.65. The van der Waals surface area contributed by atoms with E-state index in [1.807, 2.05) is 18.2 Å². The van der Waals surface area contributed by atoms with Crippen LogP contribution in [0, 0.1) is 0 Å². The summed E-state index contributed by atoms with van der Waals surface area (Å²) in [5, 5.41) is 5.34. The van der Waals surface area contributed by atoms with Crippen LogP contribution in [0.15, 0.2) is 46.3 Å². The molecule has 0 saturated heterocycles. The normalized spacial score (nSPS) is 14.9. The predicted molar refractivity (Wildman–Crippen MR) is 123 cm³/mol. The number of halogens is 2. The van der Waals surface area contributed by atoms with E-state index in [0.29, 0.717) is 22.3 Å². The molecular weight excluding hydrogens is 437 g/mol. The maximum atomic E-state index is 13.2. The lowest BCUT2D eigenvalue weighted by atomic mass is 9.88. The minimum Gasteiger partial charge on any atom is -0.424 e. The van der Waals surface area contributed by atoms with Gasteiger partial charge in [0.25, 0.3) is 5.56 Å². The van der Waals surface area contributed by atoms with Crippen LogP contribution in [-0.4, -0.2) is 21.8 Å². The SMILES string of the molecule is CC(=O)Oc1c(Cl)cc(C=Nn2c(C3CCCCC3)nc3ccccc3c2=O)cc1Cl. The summed E-state index contributed by atoms with van der Waals surface area (Å²) in [6.45, 7) is 1.27. The van der Waals surface area contributed by atoms with Gasteiger partial charge < -0.3 is 4.74 Å². The smallest absolute Gasteiger partial charge is 0.308 e. The molecule has 0 atom stereocenters. The van der Waals surface area contributed by atoms with E-state index in [0.717, 1.165) is 25.7 Å². The van der Waals surface area contributed by atoms with Crippen molar-refractivity contribution in [2.75, 3.05) is 0 Å². The van der Waals surface area contributed by atoms with Gasteiger partial charge in [-0.1, -0.05) is 54.6 Å². The molecule has 0 spiro atoms. The molecule has 160 valence electrons. The van der Waals surface area contributed by atoms with E-state index >= 15 is 0 Å². The highest BCUT2D eigenvalue weighted by molar-refractivity contribution is 6.37. The van der Waals surface area contributed by atoms with Crippen molar-refractivity contribution in [3.05, 3.63) is 68.2 Å². The van der Waals surface area contributed by atoms with Gasteiger partial charge in [0.1, 0.15) is 5.82 Å². The summed E-state index contributed by atoms with van der Waals surface area (Å²) in [6, 6.07) is 10.5. The summed E-state index contributed by atoms with van der Waals surface area (Å²) in [7, 11) is 0. The first-order chi connectivity index (χ1) is 14.9. The van der Waals surface area contributed by atoms with Crippen LogP contribution in [0.3, 0.4) is 0 Å². The van der Waals surface area contributed by atoms with E-state index < -0.39 is 5.97 Å². The fourth-order valence-electron chi connectivity index (χ4n) is 3.90. The van der Waals surface area contributed by atoms with E-state index in [1.165, 1.54) is 24.2 Å². The Morgan fingerprint density at radius 3 is 2.52 bits per heavy atom. The van der Waals surface area contributed by atoms with E-state index in [2.05, 4.69) is 5.10 Å². The third-order valence-electron chi connectivity index (χ3n) is 5.34. The molecule has 0 unspecified atom stereocenters. The molecular formula is C23H21Cl2N3O3. The largest absolute Gasteiger partial charge is 0.424 e. The molecule has 8 heteroatoms. The number of ether oxygens (including phenoxy) is 1. The van der Waals surface area contributed by atoms with Crippen LogP contribution in [-0.2, 0) is 4.79 Å². The van der Waals surface area contributed by atoms with Crippen molar-refractivity contribution in [1.29, 1.82) is 0 Å². The molecule has 1 heterocycles. The van der Waals surface area contributed by atoms with Crippen LogP contribution in [0.2, 0.25) is 10.0 Å². The number of hydrogen-bond acceptors (Lipinski definition) is 5. The van der Waals surface area contributed by atoms with Gasteiger partial charge in [-0.3, -0.25) is 9.59 Å². The van der Waals surface area contributed by atoms with Crippen molar-refractivity contribution in [3.8, 4) is 5.75 Å². The Labute approximate surface area is 189 Å². The number of carbonyl (C=O) groups excluding carboxylic acids is 1. The fraction of sp³-hybridized carbons (Fsp3) is 0.304. The Hall–Kier alpha value is -2.70. The van der Waals surface area contributed by atoms with Crippen molar-refractivity contribution in [1.82, 2.24) is 9.66 Å². The Balaban J connectivity index is 1.78. The minimum absolute atomic E-state index is 0.0976. The lowest BCUT2D eigenvalue weighted by molar-refractivity contribution is -0.131. The summed E-state index contributed by atoms with van der Waals surface area (Å²) in [4.78, 5) is 29.3. The number of nitrogens with zero attached hydrogens (tertiary/aromatic N) is 3. The van der Waals surface area contributed by atoms with Gasteiger partial charge >= 0.3 is 5.97 Å². The molecule has 4 rings (SSSR count). The number of esters is 1. The Kier molecular flexibility index (Phi) is 6.39. The van der Waals surface area contributed by atoms with E-state index in [-0.39, 0.29) is 27.3 Å². The zero-order chi connectivity index (χ0) is 22.0. The molecule has 1 saturated carbocycles. The Bertz CT molecular complexity index is 1210. The van der Waals surface area contributed by atoms with Crippen LogP contribution in [0.5, 0.6) is 5.75 Å². The first-order valence-corrected chi connectivity index (χ1v) is 10.9. The summed E-state index contributed by atoms with van der Waals surface area (Å²) >= 11 is 12.4. The topological polar surface area (TPSA) is 73.5 Å². The van der Waals surface area contributed by atoms with E-state index in [1.54, 1.807) is 18.2 Å². The Morgan fingerprint density at radius 2 is 1.84 bits per heavy atom. The zero-order valence-corrected chi connectivity index (χ0v) is 18.5. The highest BCUT2D eigenvalue weighted by atomic mass is 35.5. The molecule has 1 aromatic heterocycles. The third-order valence-corrected chi connectivity index (χ3v) is 5.90. The quantitative estimate of drug-likeness (QED) is 0.292. The predicted octanol–water partition coefficient (Wildman–Crippen LogP) is 5.56. The number of hydrogen-bond donors (Lipinski definition) is 0. The first-order valence-electron chi connectivity index (χ1n) is 10.2. The molecule has 2 aromatic carbocycles. The standard InChI is InChI=1S/C23H21Cl2N3O3/c1-14(29)31-21-18(24)11-15(12-19(21)25)13-26-28-22(16-7-3-2-4-8-16)27-20-10-6-5-9-17(20)23(28)30/h5-6,9-13,16H,2-4,7-8H2,1H3. The average Bonchev–Trinajstić information content (AvgIpc) is 2.76. The van der Waals surface area contributed by atoms with Crippen LogP contribution in [0.4, 0.5) is 0 Å². The summed E-state index contributed by atoms with van der Waals surface area (Å²) in [5.74, 6) is 0.437. The highest BCUT2D eigenvalue weighted by Gasteiger charge is 2.22. The van der Waals surface area contributed by atoms with Crippen LogP contribution in [0.1, 0.15) is 56.3 Å². The van der Waals surface area contributed by atoms with Crippen LogP contribution in [0.25, 0.3) is 10.9 Å². The molecule has 0 bridgehead atoms. The molecule has 0 radical (unpaired) electrons. The summed E-state index contributed by atoms with van der Waals surface area (Å²) < 4.78 is 6.44. The van der Waals surface area contributed by atoms with Gasteiger partial charge in [0, 0.05) is 12.8 Å². The van der Waals surface area contributed by atoms with Crippen LogP contribution >= 0.6 is 23.2 Å². The minimum atomic E-state index is -0.517. The van der Waals surface area contributed by atoms with Gasteiger partial charge in [-0.05, 0) is 42.7 Å². The first kappa shape index (κ1) is 21.5. The second-order valence-corrected chi connectivity index (χ2v) is 8.41. The van der Waals surface area contributed by atoms with Crippen LogP contribution < -0.4 is 10.3 Å². The van der Waals surface area contributed by atoms with Crippen molar-refractivity contribution in [3.63, 3.8) is 0 Å². The lowest BCUT2D eigenvalue weighted by Gasteiger charge is -2.22. The van der Waals surface area contributed by atoms with Crippen molar-refractivity contribution in [2.45, 2.75) is 44.9 Å². The number of benzene rings is 2. The number of fused-ring (bicyclic) bond motifs is 1. The second-order valence-electron chi connectivity index (χ2n) is 7.59. The molecule has 0 N–H and O–H groups in total. The Morgan fingerprint density at radius 1 is 1.16 bits per heavy atom. The molecule has 0 aliphatic heterocycles. The number of para-hydroxylation sites is 1. The van der Waals surface area contributed by atoms with Gasteiger partial charge in [0.2, 0.25) is 0 Å². The van der Waals surface area contributed by atoms with Gasteiger partial charge in [0.05, 0.1) is 27.2 Å². The van der Waals surface area contributed by atoms with Crippen molar-refractivity contribution in [2.24, 2.45) is 5.10 Å². The number of rotatable bonds is 4. The molecule has 6 nitrogen and oxygen atoms in total. The lowest BCUT2D eigenvalue weighted by Crippen LogP contribution is -2.25. The zero-order valence-electron chi connectivity index (χ0n) is 17.0. The molecule has 1 aliphatic rings. The second kappa shape index (κ2) is 9.20. The molecule has 0 amide bonds. The van der Waals surface area contributed by atoms with Gasteiger partial charge in [-0.15, -0.1) is 0 Å². The average molecular weight is 458 g/mol. The van der Waals surface area contributed by atoms with Gasteiger partial charge in [0.15, 0.2) is 5.75 Å². The number of aromatic nitrogens is 2. The molecule has 3 aromatic rings. The van der Waals surface area contributed by atoms with Gasteiger partial charge in [-0.25, -0.2) is 4.98 Å². The highest BCUT2D eigenvalue weighted by Crippen LogP contribution is 2.34. The van der Waals surface area contributed by atoms with Crippen molar-refractivity contribution < 1.29 is 9.53 Å². The maximum Gasteiger partial charge on any atom is 0.308 e. The summed E-state index contributed by atoms with van der Waals surface area (Å²) in [6.07, 6.45) is 6.90. The fourth-order valence-corrected chi connectivity index (χ4v) is 4.48. The summed E-state index contributed by atoms with van der Waals surface area (Å²) in [5.41, 5.74) is 1.04. The van der Waals surface area contributed by atoms with E-state index in [4.69, 9.17) is 32.9 Å². The molecule has 1 fully saturated rings. The van der Waals surface area contributed by atoms with Gasteiger partial charge in [-0.2, -0.15) is 9.78 Å². The maximum absolute atomic E-state index is 13.2. The molecule has 31 heavy (non-hydrogen) atoms. The van der Waals surface area contributed by atoms with Crippen molar-refractivity contribution >= 4 is 46.3 Å². The van der Waals surface area contributed by atoms with E-state index in [9.17, 15) is 9.59 Å². The monoisotopic (exact) mass is 457 g/mol.